The Kier molecular flexibility index (Phi) is 7.65. The molecule has 1 aliphatic carbocycles. The molecule has 0 radical (unpaired) electrons. The van der Waals surface area contributed by atoms with Gasteiger partial charge in [0, 0.05) is 46.6 Å². The van der Waals surface area contributed by atoms with E-state index in [1.165, 1.54) is 30.3 Å². The van der Waals surface area contributed by atoms with Crippen LogP contribution in [0, 0.1) is 12.7 Å². The standard InChI is InChI=1S/C31H29F4N3O3S/c1-18-2-9-23(10-3-18)42-38-26-16-21(39)6-11-24(26)28-27(25(32)17-36-29(28)38)19-12-14-37(15-13-19)30(40)20-4-7-22(8-5-20)41-31(33,34)35/h2-5,7-10,17,19,21,39H,6,11-16H2,1H3. The number of aliphatic hydroxyl groups is 1. The fraction of sp³-hybridized carbons (Fsp3) is 0.355. The maximum atomic E-state index is 15.6. The Bertz CT molecular complexity index is 1610. The maximum absolute atomic E-state index is 15.6. The number of benzene rings is 2. The molecule has 0 bridgehead atoms. The second-order valence-electron chi connectivity index (χ2n) is 10.9. The van der Waals surface area contributed by atoms with Crippen molar-refractivity contribution in [2.45, 2.75) is 62.3 Å². The SMILES string of the molecule is Cc1ccc(Sn2c3c(c4c(C5CCN(C(=O)c6ccc(OC(F)(F)F)cc6)CC5)c(F)cnc42)CCC(O)C3)cc1. The van der Waals surface area contributed by atoms with Crippen LogP contribution in [0.25, 0.3) is 11.0 Å². The highest BCUT2D eigenvalue weighted by Gasteiger charge is 2.34. The number of pyridine rings is 1. The number of piperidine rings is 1. The van der Waals surface area contributed by atoms with Crippen molar-refractivity contribution in [2.24, 2.45) is 0 Å². The summed E-state index contributed by atoms with van der Waals surface area (Å²) in [4.78, 5) is 20.3. The zero-order valence-corrected chi connectivity index (χ0v) is 23.6. The highest BCUT2D eigenvalue weighted by Crippen LogP contribution is 2.43. The number of likely N-dealkylation sites (tertiary alicyclic amines) is 1. The summed E-state index contributed by atoms with van der Waals surface area (Å²) >= 11 is 1.51. The van der Waals surface area contributed by atoms with Gasteiger partial charge in [-0.25, -0.2) is 9.37 Å². The number of nitrogens with zero attached hydrogens (tertiary/aromatic N) is 3. The molecule has 2 aliphatic rings. The van der Waals surface area contributed by atoms with E-state index in [-0.39, 0.29) is 23.2 Å². The van der Waals surface area contributed by atoms with Crippen LogP contribution in [0.1, 0.15) is 57.9 Å². The molecule has 11 heteroatoms. The first-order chi connectivity index (χ1) is 20.1. The van der Waals surface area contributed by atoms with Crippen LogP contribution in [-0.4, -0.2) is 50.4 Å². The number of amides is 1. The molecule has 220 valence electrons. The second-order valence-corrected chi connectivity index (χ2v) is 11.9. The molecule has 1 fully saturated rings. The van der Waals surface area contributed by atoms with Crippen LogP contribution in [0.15, 0.2) is 59.6 Å². The van der Waals surface area contributed by atoms with Gasteiger partial charge in [-0.3, -0.25) is 8.77 Å². The lowest BCUT2D eigenvalue weighted by Crippen LogP contribution is -2.38. The summed E-state index contributed by atoms with van der Waals surface area (Å²) in [5.74, 6) is -1.20. The van der Waals surface area contributed by atoms with Gasteiger partial charge in [0.1, 0.15) is 11.6 Å². The number of halogens is 4. The second kappa shape index (κ2) is 11.3. The number of carbonyl (C=O) groups is 1. The van der Waals surface area contributed by atoms with E-state index in [0.717, 1.165) is 39.2 Å². The summed E-state index contributed by atoms with van der Waals surface area (Å²) in [6.07, 6.45) is -1.26. The number of alkyl halides is 3. The van der Waals surface area contributed by atoms with Crippen molar-refractivity contribution < 1.29 is 32.2 Å². The molecule has 3 heterocycles. The van der Waals surface area contributed by atoms with E-state index in [0.29, 0.717) is 56.4 Å². The van der Waals surface area contributed by atoms with Crippen molar-refractivity contribution in [3.8, 4) is 5.75 Å². The summed E-state index contributed by atoms with van der Waals surface area (Å²) in [6.45, 7) is 2.79. The quantitative estimate of drug-likeness (QED) is 0.256. The molecule has 1 amide bonds. The van der Waals surface area contributed by atoms with Gasteiger partial charge in [0.05, 0.1) is 12.3 Å². The molecule has 2 aromatic carbocycles. The maximum Gasteiger partial charge on any atom is 0.573 e. The Labute approximate surface area is 244 Å². The molecule has 1 atom stereocenters. The lowest BCUT2D eigenvalue weighted by molar-refractivity contribution is -0.274. The Hall–Kier alpha value is -3.57. The minimum absolute atomic E-state index is 0.140. The van der Waals surface area contributed by atoms with Gasteiger partial charge in [-0.1, -0.05) is 17.7 Å². The molecule has 4 aromatic rings. The summed E-state index contributed by atoms with van der Waals surface area (Å²) in [6, 6.07) is 13.0. The average Bonchev–Trinajstić information content (AvgIpc) is 3.25. The Morgan fingerprint density at radius 2 is 1.74 bits per heavy atom. The van der Waals surface area contributed by atoms with Crippen LogP contribution in [-0.2, 0) is 12.8 Å². The zero-order valence-electron chi connectivity index (χ0n) is 22.8. The van der Waals surface area contributed by atoms with Gasteiger partial charge in [-0.05, 0) is 92.4 Å². The van der Waals surface area contributed by atoms with E-state index in [1.807, 2.05) is 35.2 Å². The number of fused-ring (bicyclic) bond motifs is 3. The van der Waals surface area contributed by atoms with Gasteiger partial charge in [-0.15, -0.1) is 13.2 Å². The van der Waals surface area contributed by atoms with Crippen molar-refractivity contribution in [2.75, 3.05) is 13.1 Å². The first-order valence-corrected chi connectivity index (χ1v) is 14.6. The molecule has 1 N–H and O–H groups in total. The zero-order chi connectivity index (χ0) is 29.6. The normalized spacial score (nSPS) is 17.9. The predicted octanol–water partition coefficient (Wildman–Crippen LogP) is 6.81. The van der Waals surface area contributed by atoms with Crippen LogP contribution < -0.4 is 4.74 Å². The van der Waals surface area contributed by atoms with Crippen LogP contribution in [0.5, 0.6) is 5.75 Å². The molecular weight excluding hydrogens is 570 g/mol. The van der Waals surface area contributed by atoms with Gasteiger partial charge in [0.25, 0.3) is 5.91 Å². The summed E-state index contributed by atoms with van der Waals surface area (Å²) in [5.41, 5.74) is 4.68. The van der Waals surface area contributed by atoms with Crippen molar-refractivity contribution in [1.82, 2.24) is 13.9 Å². The molecular formula is C31H29F4N3O3S. The highest BCUT2D eigenvalue weighted by atomic mass is 32.2. The topological polar surface area (TPSA) is 67.6 Å². The Morgan fingerprint density at radius 1 is 1.05 bits per heavy atom. The van der Waals surface area contributed by atoms with Crippen molar-refractivity contribution in [3.63, 3.8) is 0 Å². The van der Waals surface area contributed by atoms with Gasteiger partial charge in [0.2, 0.25) is 0 Å². The number of aromatic nitrogens is 2. The Balaban J connectivity index is 1.26. The third-order valence-corrected chi connectivity index (χ3v) is 9.10. The van der Waals surface area contributed by atoms with Crippen LogP contribution in [0.4, 0.5) is 17.6 Å². The van der Waals surface area contributed by atoms with E-state index >= 15 is 4.39 Å². The molecule has 1 unspecified atom stereocenters. The van der Waals surface area contributed by atoms with Crippen molar-refractivity contribution >= 4 is 28.9 Å². The number of aliphatic hydroxyl groups excluding tert-OH is 1. The molecule has 6 nitrogen and oxygen atoms in total. The number of hydrogen-bond acceptors (Lipinski definition) is 5. The third kappa shape index (κ3) is 5.72. The molecule has 0 spiro atoms. The van der Waals surface area contributed by atoms with Crippen molar-refractivity contribution in [1.29, 1.82) is 0 Å². The molecule has 6 rings (SSSR count). The minimum Gasteiger partial charge on any atom is -0.406 e. The average molecular weight is 600 g/mol. The fourth-order valence-corrected chi connectivity index (χ4v) is 6.99. The van der Waals surface area contributed by atoms with E-state index < -0.39 is 18.2 Å². The molecule has 2 aromatic heterocycles. The van der Waals surface area contributed by atoms with E-state index in [1.54, 1.807) is 4.90 Å². The number of ether oxygens (including phenoxy) is 1. The first-order valence-electron chi connectivity index (χ1n) is 13.9. The van der Waals surface area contributed by atoms with E-state index in [9.17, 15) is 23.1 Å². The van der Waals surface area contributed by atoms with Gasteiger partial charge < -0.3 is 14.7 Å². The minimum atomic E-state index is -4.81. The summed E-state index contributed by atoms with van der Waals surface area (Å²) in [5, 5.41) is 11.3. The first kappa shape index (κ1) is 28.5. The third-order valence-electron chi connectivity index (χ3n) is 8.04. The van der Waals surface area contributed by atoms with Gasteiger partial charge in [-0.2, -0.15) is 0 Å². The molecule has 0 saturated carbocycles. The molecule has 1 aliphatic heterocycles. The summed E-state index contributed by atoms with van der Waals surface area (Å²) < 4.78 is 59.0. The van der Waals surface area contributed by atoms with Crippen LogP contribution >= 0.6 is 11.9 Å². The molecule has 1 saturated heterocycles. The van der Waals surface area contributed by atoms with Gasteiger partial charge >= 0.3 is 6.36 Å². The Morgan fingerprint density at radius 3 is 2.40 bits per heavy atom. The van der Waals surface area contributed by atoms with Crippen LogP contribution in [0.3, 0.4) is 0 Å². The van der Waals surface area contributed by atoms with Crippen LogP contribution in [0.2, 0.25) is 0 Å². The number of aryl methyl sites for hydroxylation is 2. The monoisotopic (exact) mass is 599 g/mol. The number of carbonyl (C=O) groups excluding carboxylic acids is 1. The van der Waals surface area contributed by atoms with Crippen molar-refractivity contribution in [3.05, 3.63) is 88.5 Å². The lowest BCUT2D eigenvalue weighted by atomic mass is 9.84. The smallest absolute Gasteiger partial charge is 0.406 e. The number of rotatable bonds is 5. The summed E-state index contributed by atoms with van der Waals surface area (Å²) in [7, 11) is 0. The fourth-order valence-electron chi connectivity index (χ4n) is 6.00. The predicted molar refractivity (Wildman–Crippen MR) is 151 cm³/mol. The highest BCUT2D eigenvalue weighted by molar-refractivity contribution is 7.98. The van der Waals surface area contributed by atoms with Gasteiger partial charge in [0.15, 0.2) is 5.65 Å². The molecule has 42 heavy (non-hydrogen) atoms. The van der Waals surface area contributed by atoms with E-state index in [4.69, 9.17) is 0 Å². The lowest BCUT2D eigenvalue weighted by Gasteiger charge is -2.33. The number of hydrogen-bond donors (Lipinski definition) is 1. The largest absolute Gasteiger partial charge is 0.573 e. The van der Waals surface area contributed by atoms with E-state index in [2.05, 4.69) is 9.72 Å².